The molecule has 3 nitrogen and oxygen atoms in total. The molecular formula is C15H23FN2O. The Kier molecular flexibility index (Phi) is 4.91. The van der Waals surface area contributed by atoms with Crippen LogP contribution in [0.1, 0.15) is 31.4 Å². The molecule has 106 valence electrons. The van der Waals surface area contributed by atoms with Crippen LogP contribution >= 0.6 is 0 Å². The van der Waals surface area contributed by atoms with Gasteiger partial charge in [-0.05, 0) is 49.9 Å². The molecule has 1 heterocycles. The molecule has 0 aromatic heterocycles. The Hall–Kier alpha value is -0.970. The smallest absolute Gasteiger partial charge is 0.123 e. The predicted molar refractivity (Wildman–Crippen MR) is 74.2 cm³/mol. The van der Waals surface area contributed by atoms with Gasteiger partial charge >= 0.3 is 0 Å². The molecule has 0 saturated carbocycles. The van der Waals surface area contributed by atoms with Crippen molar-refractivity contribution in [1.29, 1.82) is 0 Å². The Bertz CT molecular complexity index is 394. The van der Waals surface area contributed by atoms with Crippen LogP contribution < -0.4 is 5.73 Å². The molecule has 0 spiro atoms. The van der Waals surface area contributed by atoms with E-state index in [1.54, 1.807) is 0 Å². The van der Waals surface area contributed by atoms with Crippen LogP contribution in [0.25, 0.3) is 0 Å². The highest BCUT2D eigenvalue weighted by Crippen LogP contribution is 2.30. The summed E-state index contributed by atoms with van der Waals surface area (Å²) in [5, 5.41) is 9.02. The summed E-state index contributed by atoms with van der Waals surface area (Å²) >= 11 is 0. The molecule has 0 amide bonds. The van der Waals surface area contributed by atoms with E-state index >= 15 is 0 Å². The normalized spacial score (nSPS) is 23.5. The molecule has 1 aromatic carbocycles. The Morgan fingerprint density at radius 1 is 1.42 bits per heavy atom. The lowest BCUT2D eigenvalue weighted by molar-refractivity contribution is 0.201. The molecule has 1 aliphatic heterocycles. The van der Waals surface area contributed by atoms with Gasteiger partial charge in [0.1, 0.15) is 5.82 Å². The summed E-state index contributed by atoms with van der Waals surface area (Å²) in [6.07, 6.45) is 1.95. The zero-order chi connectivity index (χ0) is 13.8. The number of benzene rings is 1. The lowest BCUT2D eigenvalue weighted by atomic mass is 9.99. The van der Waals surface area contributed by atoms with Gasteiger partial charge in [-0.25, -0.2) is 4.39 Å². The molecule has 19 heavy (non-hydrogen) atoms. The standard InChI is InChI=1S/C15H23FN2O/c1-11(17)15(13-2-4-14(16)5-3-13)18-8-6-12(10-18)7-9-19/h2-5,11-12,15,19H,6-10,17H2,1H3. The predicted octanol–water partition coefficient (Wildman–Crippen LogP) is 1.92. The minimum atomic E-state index is -0.216. The molecule has 0 bridgehead atoms. The number of aliphatic hydroxyl groups excluding tert-OH is 1. The van der Waals surface area contributed by atoms with Gasteiger partial charge in [-0.2, -0.15) is 0 Å². The van der Waals surface area contributed by atoms with Crippen molar-refractivity contribution < 1.29 is 9.50 Å². The first kappa shape index (κ1) is 14.4. The Labute approximate surface area is 114 Å². The third-order valence-corrected chi connectivity index (χ3v) is 3.96. The molecule has 2 rings (SSSR count). The van der Waals surface area contributed by atoms with Crippen molar-refractivity contribution in [3.05, 3.63) is 35.6 Å². The fraction of sp³-hybridized carbons (Fsp3) is 0.600. The molecule has 3 unspecified atom stereocenters. The van der Waals surface area contributed by atoms with Crippen LogP contribution in [-0.2, 0) is 0 Å². The number of likely N-dealkylation sites (tertiary alicyclic amines) is 1. The lowest BCUT2D eigenvalue weighted by Gasteiger charge is -2.31. The minimum absolute atomic E-state index is 0.00154. The van der Waals surface area contributed by atoms with Gasteiger partial charge in [0.2, 0.25) is 0 Å². The second-order valence-corrected chi connectivity index (χ2v) is 5.52. The van der Waals surface area contributed by atoms with Crippen LogP contribution in [-0.4, -0.2) is 35.7 Å². The van der Waals surface area contributed by atoms with Crippen LogP contribution in [0.3, 0.4) is 0 Å². The monoisotopic (exact) mass is 266 g/mol. The summed E-state index contributed by atoms with van der Waals surface area (Å²) < 4.78 is 13.0. The van der Waals surface area contributed by atoms with Gasteiger partial charge in [-0.1, -0.05) is 12.1 Å². The van der Waals surface area contributed by atoms with Crippen LogP contribution in [0.4, 0.5) is 4.39 Å². The number of aliphatic hydroxyl groups is 1. The number of hydrogen-bond acceptors (Lipinski definition) is 3. The van der Waals surface area contributed by atoms with Gasteiger partial charge in [0.15, 0.2) is 0 Å². The van der Waals surface area contributed by atoms with E-state index in [-0.39, 0.29) is 24.5 Å². The highest BCUT2D eigenvalue weighted by atomic mass is 19.1. The summed E-state index contributed by atoms with van der Waals surface area (Å²) in [5.41, 5.74) is 7.19. The molecular weight excluding hydrogens is 243 g/mol. The third kappa shape index (κ3) is 3.53. The van der Waals surface area contributed by atoms with Crippen molar-refractivity contribution in [3.8, 4) is 0 Å². The average Bonchev–Trinajstić information content (AvgIpc) is 2.80. The van der Waals surface area contributed by atoms with Gasteiger partial charge in [-0.3, -0.25) is 4.90 Å². The highest BCUT2D eigenvalue weighted by Gasteiger charge is 2.30. The largest absolute Gasteiger partial charge is 0.396 e. The zero-order valence-corrected chi connectivity index (χ0v) is 11.4. The van der Waals surface area contributed by atoms with E-state index in [0.29, 0.717) is 5.92 Å². The highest BCUT2D eigenvalue weighted by molar-refractivity contribution is 5.21. The molecule has 4 heteroatoms. The first-order chi connectivity index (χ1) is 9.11. The van der Waals surface area contributed by atoms with E-state index in [9.17, 15) is 4.39 Å². The van der Waals surface area contributed by atoms with E-state index in [4.69, 9.17) is 10.8 Å². The molecule has 3 atom stereocenters. The average molecular weight is 266 g/mol. The van der Waals surface area contributed by atoms with Crippen molar-refractivity contribution in [2.24, 2.45) is 11.7 Å². The van der Waals surface area contributed by atoms with Crippen LogP contribution in [0.5, 0.6) is 0 Å². The van der Waals surface area contributed by atoms with Crippen molar-refractivity contribution in [1.82, 2.24) is 4.90 Å². The first-order valence-corrected chi connectivity index (χ1v) is 6.97. The molecule has 0 aliphatic carbocycles. The van der Waals surface area contributed by atoms with Crippen LogP contribution in [0, 0.1) is 11.7 Å². The number of hydrogen-bond donors (Lipinski definition) is 2. The number of nitrogens with zero attached hydrogens (tertiary/aromatic N) is 1. The van der Waals surface area contributed by atoms with Crippen molar-refractivity contribution >= 4 is 0 Å². The van der Waals surface area contributed by atoms with Crippen molar-refractivity contribution in [2.75, 3.05) is 19.7 Å². The van der Waals surface area contributed by atoms with E-state index in [1.807, 2.05) is 19.1 Å². The summed E-state index contributed by atoms with van der Waals surface area (Å²) in [6.45, 7) is 4.20. The maximum atomic E-state index is 13.0. The second kappa shape index (κ2) is 6.46. The van der Waals surface area contributed by atoms with E-state index < -0.39 is 0 Å². The fourth-order valence-electron chi connectivity index (χ4n) is 3.04. The van der Waals surface area contributed by atoms with Crippen LogP contribution in [0.15, 0.2) is 24.3 Å². The van der Waals surface area contributed by atoms with Crippen molar-refractivity contribution in [3.63, 3.8) is 0 Å². The second-order valence-electron chi connectivity index (χ2n) is 5.52. The first-order valence-electron chi connectivity index (χ1n) is 6.97. The minimum Gasteiger partial charge on any atom is -0.396 e. The van der Waals surface area contributed by atoms with Gasteiger partial charge in [0.25, 0.3) is 0 Å². The Balaban J connectivity index is 2.11. The molecule has 1 aromatic rings. The number of halogens is 1. The Morgan fingerprint density at radius 2 is 2.11 bits per heavy atom. The van der Waals surface area contributed by atoms with Crippen molar-refractivity contribution in [2.45, 2.75) is 31.8 Å². The van der Waals surface area contributed by atoms with E-state index in [1.165, 1.54) is 12.1 Å². The number of rotatable bonds is 5. The van der Waals surface area contributed by atoms with Gasteiger partial charge in [-0.15, -0.1) is 0 Å². The maximum absolute atomic E-state index is 13.0. The third-order valence-electron chi connectivity index (χ3n) is 3.96. The molecule has 1 aliphatic rings. The maximum Gasteiger partial charge on any atom is 0.123 e. The van der Waals surface area contributed by atoms with E-state index in [2.05, 4.69) is 4.90 Å². The molecule has 1 saturated heterocycles. The van der Waals surface area contributed by atoms with E-state index in [0.717, 1.165) is 31.5 Å². The molecule has 0 radical (unpaired) electrons. The quantitative estimate of drug-likeness (QED) is 0.856. The summed E-state index contributed by atoms with van der Waals surface area (Å²) in [7, 11) is 0. The van der Waals surface area contributed by atoms with Gasteiger partial charge in [0, 0.05) is 25.2 Å². The van der Waals surface area contributed by atoms with Gasteiger partial charge in [0.05, 0.1) is 0 Å². The molecule has 3 N–H and O–H groups in total. The Morgan fingerprint density at radius 3 is 2.68 bits per heavy atom. The van der Waals surface area contributed by atoms with Gasteiger partial charge < -0.3 is 10.8 Å². The summed E-state index contributed by atoms with van der Waals surface area (Å²) in [6, 6.07) is 6.76. The lowest BCUT2D eigenvalue weighted by Crippen LogP contribution is -2.38. The molecule has 1 fully saturated rings. The zero-order valence-electron chi connectivity index (χ0n) is 11.4. The fourth-order valence-corrected chi connectivity index (χ4v) is 3.04. The number of nitrogens with two attached hydrogens (primary N) is 1. The topological polar surface area (TPSA) is 49.5 Å². The summed E-state index contributed by atoms with van der Waals surface area (Å²) in [4.78, 5) is 2.36. The summed E-state index contributed by atoms with van der Waals surface area (Å²) in [5.74, 6) is 0.332. The van der Waals surface area contributed by atoms with Crippen LogP contribution in [0.2, 0.25) is 0 Å². The SMILES string of the molecule is CC(N)C(c1ccc(F)cc1)N1CCC(CCO)C1.